The van der Waals surface area contributed by atoms with Gasteiger partial charge in [0.2, 0.25) is 5.75 Å². The van der Waals surface area contributed by atoms with Crippen molar-refractivity contribution in [3.63, 3.8) is 0 Å². The number of unbranched alkanes of at least 4 members (excludes halogenated alkanes) is 9. The van der Waals surface area contributed by atoms with Crippen LogP contribution in [-0.2, 0) is 15.0 Å². The summed E-state index contributed by atoms with van der Waals surface area (Å²) in [5, 5.41) is 22.7. The number of nitrogens with one attached hydrogen (secondary N) is 1. The van der Waals surface area contributed by atoms with Crippen LogP contribution in [0.1, 0.15) is 114 Å². The number of hydrogen-bond donors (Lipinski definition) is 1. The predicted molar refractivity (Wildman–Crippen MR) is 198 cm³/mol. The number of nitriles is 1. The topological polar surface area (TPSA) is 145 Å². The summed E-state index contributed by atoms with van der Waals surface area (Å²) in [4.78, 5) is 28.8. The van der Waals surface area contributed by atoms with Crippen LogP contribution in [0.4, 0.5) is 0 Å². The van der Waals surface area contributed by atoms with Crippen LogP contribution in [0.3, 0.4) is 0 Å². The van der Waals surface area contributed by atoms with E-state index in [0.29, 0.717) is 29.4 Å². The van der Waals surface area contributed by atoms with Gasteiger partial charge in [0.05, 0.1) is 32.8 Å². The highest BCUT2D eigenvalue weighted by molar-refractivity contribution is 5.77. The molecule has 2 aromatic carbocycles. The second-order valence-electron chi connectivity index (χ2n) is 13.1. The summed E-state index contributed by atoms with van der Waals surface area (Å²) < 4.78 is 22.6. The summed E-state index contributed by atoms with van der Waals surface area (Å²) in [6, 6.07) is 14.2. The lowest BCUT2D eigenvalue weighted by atomic mass is 9.73. The number of methoxy groups -OCH3 is 3. The Bertz CT molecular complexity index is 1340. The molecule has 0 spiro atoms. The van der Waals surface area contributed by atoms with Crippen molar-refractivity contribution in [1.82, 2.24) is 10.2 Å². The number of carbonyl (C=O) groups is 1. The summed E-state index contributed by atoms with van der Waals surface area (Å²) >= 11 is 0. The highest BCUT2D eigenvalue weighted by Crippen LogP contribution is 2.44. The molecule has 0 saturated carbocycles. The van der Waals surface area contributed by atoms with Crippen molar-refractivity contribution >= 4 is 5.91 Å². The van der Waals surface area contributed by atoms with E-state index in [1.807, 2.05) is 30.3 Å². The van der Waals surface area contributed by atoms with Crippen LogP contribution in [0.15, 0.2) is 36.4 Å². The molecule has 1 N–H and O–H groups in total. The van der Waals surface area contributed by atoms with Crippen molar-refractivity contribution in [2.45, 2.75) is 109 Å². The first kappa shape index (κ1) is 42.9. The van der Waals surface area contributed by atoms with E-state index in [0.717, 1.165) is 43.4 Å². The maximum atomic E-state index is 12.1. The molecule has 284 valence electrons. The third kappa shape index (κ3) is 14.9. The first-order valence-electron chi connectivity index (χ1n) is 18.3. The maximum Gasteiger partial charge on any atom is 0.294 e. The minimum Gasteiger partial charge on any atom is -0.493 e. The average molecular weight is 713 g/mol. The van der Waals surface area contributed by atoms with E-state index in [4.69, 9.17) is 18.9 Å². The van der Waals surface area contributed by atoms with Crippen LogP contribution in [0.5, 0.6) is 23.0 Å². The van der Waals surface area contributed by atoms with Gasteiger partial charge in [-0.1, -0.05) is 83.3 Å². The van der Waals surface area contributed by atoms with E-state index in [2.05, 4.69) is 42.0 Å². The lowest BCUT2D eigenvalue weighted by Gasteiger charge is -2.31. The minimum absolute atomic E-state index is 0.0108. The number of carbonyl (C=O) groups excluding carboxylic acids is 1. The molecule has 2 atom stereocenters. The zero-order chi connectivity index (χ0) is 37.5. The van der Waals surface area contributed by atoms with E-state index in [1.165, 1.54) is 51.4 Å². The zero-order valence-corrected chi connectivity index (χ0v) is 31.7. The highest BCUT2D eigenvalue weighted by Gasteiger charge is 2.34. The molecular formula is C39H60N4O8. The molecule has 12 nitrogen and oxygen atoms in total. The zero-order valence-electron chi connectivity index (χ0n) is 31.7. The fourth-order valence-electron chi connectivity index (χ4n) is 6.31. The highest BCUT2D eigenvalue weighted by atomic mass is 16.9. The molecule has 0 fully saturated rings. The van der Waals surface area contributed by atoms with Crippen LogP contribution >= 0.6 is 0 Å². The lowest BCUT2D eigenvalue weighted by Crippen LogP contribution is -2.32. The first-order valence-corrected chi connectivity index (χ1v) is 18.3. The number of benzene rings is 2. The Morgan fingerprint density at radius 1 is 0.941 bits per heavy atom. The minimum atomic E-state index is -0.901. The Hall–Kier alpha value is -4.24. The van der Waals surface area contributed by atoms with Crippen molar-refractivity contribution in [3.8, 4) is 29.1 Å². The Labute approximate surface area is 304 Å². The molecule has 0 aliphatic rings. The molecule has 51 heavy (non-hydrogen) atoms. The molecule has 12 heteroatoms. The van der Waals surface area contributed by atoms with Crippen LogP contribution in [-0.4, -0.2) is 70.6 Å². The Kier molecular flexibility index (Phi) is 20.2. The van der Waals surface area contributed by atoms with Crippen LogP contribution in [0.2, 0.25) is 0 Å². The number of hydrogen-bond acceptors (Lipinski definition) is 10. The van der Waals surface area contributed by atoms with Crippen LogP contribution in [0, 0.1) is 21.4 Å². The lowest BCUT2D eigenvalue weighted by molar-refractivity contribution is -0.757. The van der Waals surface area contributed by atoms with Gasteiger partial charge in [0, 0.05) is 12.6 Å². The largest absolute Gasteiger partial charge is 0.493 e. The molecule has 0 radical (unpaired) electrons. The normalized spacial score (nSPS) is 12.7. The number of rotatable bonds is 28. The van der Waals surface area contributed by atoms with E-state index in [-0.39, 0.29) is 25.8 Å². The van der Waals surface area contributed by atoms with E-state index in [9.17, 15) is 20.2 Å². The van der Waals surface area contributed by atoms with Crippen LogP contribution in [0.25, 0.3) is 0 Å². The predicted octanol–water partition coefficient (Wildman–Crippen LogP) is 7.96. The van der Waals surface area contributed by atoms with Gasteiger partial charge in [-0.15, -0.1) is 10.1 Å². The van der Waals surface area contributed by atoms with Gasteiger partial charge in [-0.05, 0) is 75.2 Å². The summed E-state index contributed by atoms with van der Waals surface area (Å²) in [7, 11) is 6.84. The van der Waals surface area contributed by atoms with Crippen LogP contribution < -0.4 is 24.3 Å². The SMILES string of the molecule is CCCCCCCCCCCCC(C#N)(CCCN(C)C(C)c1cccc(OCC(=O)NCCO[N+](=O)[O-])c1)c1cc(OC)c(OC)c(OC)c1. The number of ether oxygens (including phenoxy) is 4. The molecule has 2 rings (SSSR count). The van der Waals surface area contributed by atoms with E-state index < -0.39 is 16.4 Å². The summed E-state index contributed by atoms with van der Waals surface area (Å²) in [6.45, 7) is 4.68. The van der Waals surface area contributed by atoms with Gasteiger partial charge in [0.1, 0.15) is 12.4 Å². The van der Waals surface area contributed by atoms with Gasteiger partial charge in [-0.25, -0.2) is 0 Å². The summed E-state index contributed by atoms with van der Waals surface area (Å²) in [5.74, 6) is 1.75. The Morgan fingerprint density at radius 2 is 1.55 bits per heavy atom. The van der Waals surface area contributed by atoms with Crippen molar-refractivity contribution < 1.29 is 33.7 Å². The second kappa shape index (κ2) is 24.0. The molecule has 1 amide bonds. The molecule has 0 bridgehead atoms. The smallest absolute Gasteiger partial charge is 0.294 e. The van der Waals surface area contributed by atoms with Crippen molar-refractivity contribution in [1.29, 1.82) is 5.26 Å². The third-order valence-corrected chi connectivity index (χ3v) is 9.50. The number of nitrogens with zero attached hydrogens (tertiary/aromatic N) is 3. The Balaban J connectivity index is 2.07. The van der Waals surface area contributed by atoms with E-state index in [1.54, 1.807) is 27.4 Å². The van der Waals surface area contributed by atoms with Crippen molar-refractivity contribution in [3.05, 3.63) is 57.6 Å². The maximum absolute atomic E-state index is 12.1. The number of amides is 1. The summed E-state index contributed by atoms with van der Waals surface area (Å²) in [5.41, 5.74) is 1.18. The monoisotopic (exact) mass is 712 g/mol. The van der Waals surface area contributed by atoms with Crippen molar-refractivity contribution in [2.75, 3.05) is 54.7 Å². The van der Waals surface area contributed by atoms with Gasteiger partial charge < -0.3 is 29.1 Å². The van der Waals surface area contributed by atoms with Gasteiger partial charge in [0.15, 0.2) is 18.1 Å². The van der Waals surface area contributed by atoms with E-state index >= 15 is 0 Å². The molecule has 2 aromatic rings. The molecule has 0 heterocycles. The standard InChI is InChI=1S/C39H60N4O8/c1-7-8-9-10-11-12-13-14-15-16-21-39(30-40,33-27-35(47-4)38(49-6)36(28-33)48-5)22-18-24-42(3)31(2)32-19-17-20-34(26-32)50-29-37(44)41-23-25-51-43(45)46/h17,19-20,26-28,31H,7-16,18,21-25,29H2,1-6H3,(H,41,44). The average Bonchev–Trinajstić information content (AvgIpc) is 3.14. The first-order chi connectivity index (χ1) is 24.6. The van der Waals surface area contributed by atoms with Gasteiger partial charge in [-0.3, -0.25) is 9.69 Å². The third-order valence-electron chi connectivity index (χ3n) is 9.50. The molecule has 0 aromatic heterocycles. The Morgan fingerprint density at radius 3 is 2.12 bits per heavy atom. The molecule has 2 unspecified atom stereocenters. The fraction of sp³-hybridized carbons (Fsp3) is 0.641. The molecule has 0 aliphatic carbocycles. The van der Waals surface area contributed by atoms with Gasteiger partial charge in [0.25, 0.3) is 11.0 Å². The van der Waals surface area contributed by atoms with Crippen molar-refractivity contribution in [2.24, 2.45) is 0 Å². The molecular weight excluding hydrogens is 652 g/mol. The summed E-state index contributed by atoms with van der Waals surface area (Å²) in [6.07, 6.45) is 14.5. The second-order valence-corrected chi connectivity index (χ2v) is 13.1. The fourth-order valence-corrected chi connectivity index (χ4v) is 6.31. The van der Waals surface area contributed by atoms with Gasteiger partial charge in [-0.2, -0.15) is 5.26 Å². The molecule has 0 saturated heterocycles. The quantitative estimate of drug-likeness (QED) is 0.0524. The van der Waals surface area contributed by atoms with Gasteiger partial charge >= 0.3 is 0 Å². The molecule has 0 aliphatic heterocycles.